The Labute approximate surface area is 232 Å². The van der Waals surface area contributed by atoms with Gasteiger partial charge in [-0.1, -0.05) is 6.08 Å². The Morgan fingerprint density at radius 3 is 2.23 bits per heavy atom. The molecule has 2 aromatic carbocycles. The molecule has 0 bridgehead atoms. The number of hydrogen-bond donors (Lipinski definition) is 0. The maximum atomic E-state index is 6.88. The van der Waals surface area contributed by atoms with Crippen molar-refractivity contribution in [1.82, 2.24) is 9.14 Å². The number of hydrogen-bond acceptors (Lipinski definition) is 2. The van der Waals surface area contributed by atoms with Crippen molar-refractivity contribution in [2.75, 3.05) is 18.0 Å². The molecule has 3 aliphatic heterocycles. The van der Waals surface area contributed by atoms with Crippen LogP contribution < -0.4 is 29.4 Å². The van der Waals surface area contributed by atoms with Gasteiger partial charge in [-0.15, -0.1) is 0 Å². The number of anilines is 1. The lowest BCUT2D eigenvalue weighted by molar-refractivity contribution is -0.673. The molecule has 3 aliphatic rings. The minimum absolute atomic E-state index is 0.0557. The molecule has 0 saturated heterocycles. The summed E-state index contributed by atoms with van der Waals surface area (Å²) in [5.41, 5.74) is 8.69. The molecule has 0 atom stereocenters. The SMILES string of the molecule is CCN1c2cc3c(cc2C(C)=CC1(C)C)C(c1n(C)cc[n+]1C)=c1cc2c(cc1O3)=[N+](CC)C(C)(C)C=C2C. The molecule has 0 N–H and O–H groups in total. The van der Waals surface area contributed by atoms with Gasteiger partial charge in [0.1, 0.15) is 30.4 Å². The molecule has 4 heterocycles. The van der Waals surface area contributed by atoms with Gasteiger partial charge >= 0.3 is 0 Å². The lowest BCUT2D eigenvalue weighted by atomic mass is 9.85. The van der Waals surface area contributed by atoms with Gasteiger partial charge < -0.3 is 9.64 Å². The second-order valence-corrected chi connectivity index (χ2v) is 12.5. The van der Waals surface area contributed by atoms with E-state index in [0.717, 1.165) is 41.2 Å². The van der Waals surface area contributed by atoms with Crippen LogP contribution in [-0.2, 0) is 14.1 Å². The third-order valence-corrected chi connectivity index (χ3v) is 8.95. The molecule has 1 aromatic heterocycles. The highest BCUT2D eigenvalue weighted by Gasteiger charge is 2.37. The third kappa shape index (κ3) is 3.65. The second kappa shape index (κ2) is 8.45. The number of fused-ring (bicyclic) bond motifs is 4. The number of aromatic nitrogens is 2. The molecule has 202 valence electrons. The molecule has 0 saturated carbocycles. The van der Waals surface area contributed by atoms with Crippen LogP contribution in [0.5, 0.6) is 11.5 Å². The molecule has 39 heavy (non-hydrogen) atoms. The Kier molecular flexibility index (Phi) is 5.56. The predicted octanol–water partition coefficient (Wildman–Crippen LogP) is 4.93. The van der Waals surface area contributed by atoms with Crippen LogP contribution in [0, 0.1) is 0 Å². The number of aryl methyl sites for hydroxylation is 2. The van der Waals surface area contributed by atoms with Crippen LogP contribution in [0.2, 0.25) is 0 Å². The first-order valence-corrected chi connectivity index (χ1v) is 14.3. The van der Waals surface area contributed by atoms with Gasteiger partial charge in [0.05, 0.1) is 31.3 Å². The molecule has 5 nitrogen and oxygen atoms in total. The van der Waals surface area contributed by atoms with E-state index in [4.69, 9.17) is 4.74 Å². The molecule has 0 spiro atoms. The van der Waals surface area contributed by atoms with E-state index in [1.807, 2.05) is 0 Å². The molecule has 0 unspecified atom stereocenters. The number of likely N-dealkylation sites (N-methyl/N-ethyl adjacent to an activating group) is 2. The lowest BCUT2D eigenvalue weighted by Gasteiger charge is -2.43. The van der Waals surface area contributed by atoms with Gasteiger partial charge in [0.25, 0.3) is 5.82 Å². The standard InChI is InChI=1S/C34H42N4O/c1-11-37-27-17-29-25(15-23(27)21(3)19-33(37,5)6)31(32-35(9)13-14-36(32)10)26-16-24-22(4)20-34(7,8)38(12-2)28(24)18-30(26)39-29/h13-20H,11-12H2,1-10H3/q+2. The number of benzene rings is 2. The summed E-state index contributed by atoms with van der Waals surface area (Å²) in [5.74, 6) is 3.01. The summed E-state index contributed by atoms with van der Waals surface area (Å²) in [5, 5.41) is 2.39. The fraction of sp³-hybridized carbons (Fsp3) is 0.412. The largest absolute Gasteiger partial charge is 0.456 e. The van der Waals surface area contributed by atoms with Crippen molar-refractivity contribution in [1.29, 1.82) is 0 Å². The monoisotopic (exact) mass is 522 g/mol. The van der Waals surface area contributed by atoms with Crippen molar-refractivity contribution in [2.24, 2.45) is 14.1 Å². The topological polar surface area (TPSA) is 24.3 Å². The summed E-state index contributed by atoms with van der Waals surface area (Å²) in [6, 6.07) is 9.29. The molecule has 6 rings (SSSR count). The highest BCUT2D eigenvalue weighted by molar-refractivity contribution is 5.90. The zero-order valence-corrected chi connectivity index (χ0v) is 25.2. The Hall–Kier alpha value is -3.60. The van der Waals surface area contributed by atoms with E-state index in [1.54, 1.807) is 0 Å². The van der Waals surface area contributed by atoms with Crippen LogP contribution in [0.1, 0.15) is 77.9 Å². The van der Waals surface area contributed by atoms with Crippen molar-refractivity contribution in [3.8, 4) is 11.5 Å². The zero-order valence-electron chi connectivity index (χ0n) is 25.2. The highest BCUT2D eigenvalue weighted by atomic mass is 16.5. The van der Waals surface area contributed by atoms with E-state index in [-0.39, 0.29) is 11.1 Å². The van der Waals surface area contributed by atoms with Gasteiger partial charge in [0.2, 0.25) is 5.36 Å². The van der Waals surface area contributed by atoms with E-state index < -0.39 is 0 Å². The summed E-state index contributed by atoms with van der Waals surface area (Å²) < 4.78 is 13.8. The molecule has 0 fully saturated rings. The maximum Gasteiger partial charge on any atom is 0.289 e. The predicted molar refractivity (Wildman–Crippen MR) is 161 cm³/mol. The first kappa shape index (κ1) is 25.7. The number of ether oxygens (including phenoxy) is 1. The summed E-state index contributed by atoms with van der Waals surface area (Å²) in [6.07, 6.45) is 9.06. The average molecular weight is 523 g/mol. The highest BCUT2D eigenvalue weighted by Crippen LogP contribution is 2.46. The Balaban J connectivity index is 1.75. The summed E-state index contributed by atoms with van der Waals surface area (Å²) in [6.45, 7) is 20.0. The van der Waals surface area contributed by atoms with Gasteiger partial charge in [0, 0.05) is 54.1 Å². The molecule has 0 aliphatic carbocycles. The van der Waals surface area contributed by atoms with Gasteiger partial charge in [-0.05, 0) is 70.9 Å². The Morgan fingerprint density at radius 1 is 0.872 bits per heavy atom. The smallest absolute Gasteiger partial charge is 0.289 e. The average Bonchev–Trinajstić information content (AvgIpc) is 3.17. The Morgan fingerprint density at radius 2 is 1.59 bits per heavy atom. The minimum Gasteiger partial charge on any atom is -0.456 e. The van der Waals surface area contributed by atoms with Crippen LogP contribution in [-0.4, -0.2) is 28.7 Å². The first-order chi connectivity index (χ1) is 18.4. The molecular weight excluding hydrogens is 480 g/mol. The molecule has 3 aromatic rings. The molecular formula is C34H42N4O+2. The van der Waals surface area contributed by atoms with Crippen molar-refractivity contribution >= 4 is 22.4 Å². The number of nitrogens with zero attached hydrogens (tertiary/aromatic N) is 4. The molecule has 0 radical (unpaired) electrons. The van der Waals surface area contributed by atoms with Crippen molar-refractivity contribution in [3.05, 3.63) is 81.9 Å². The molecule has 0 amide bonds. The van der Waals surface area contributed by atoms with E-state index in [9.17, 15) is 0 Å². The number of allylic oxidation sites excluding steroid dienone is 2. The van der Waals surface area contributed by atoms with Gasteiger partial charge in [-0.2, -0.15) is 0 Å². The van der Waals surface area contributed by atoms with E-state index in [0.29, 0.717) is 0 Å². The quantitative estimate of drug-likeness (QED) is 0.357. The zero-order chi connectivity index (χ0) is 28.0. The minimum atomic E-state index is -0.0557. The van der Waals surface area contributed by atoms with Crippen LogP contribution in [0.4, 0.5) is 5.69 Å². The third-order valence-electron chi connectivity index (χ3n) is 8.95. The van der Waals surface area contributed by atoms with Gasteiger partial charge in [-0.3, -0.25) is 0 Å². The van der Waals surface area contributed by atoms with Crippen LogP contribution in [0.25, 0.3) is 16.7 Å². The summed E-state index contributed by atoms with van der Waals surface area (Å²) >= 11 is 0. The number of imidazole rings is 1. The van der Waals surface area contributed by atoms with Crippen molar-refractivity contribution in [2.45, 2.75) is 66.5 Å². The van der Waals surface area contributed by atoms with E-state index in [2.05, 4.69) is 137 Å². The van der Waals surface area contributed by atoms with Crippen LogP contribution >= 0.6 is 0 Å². The second-order valence-electron chi connectivity index (χ2n) is 12.5. The molecule has 5 heteroatoms. The van der Waals surface area contributed by atoms with Crippen molar-refractivity contribution < 1.29 is 9.30 Å². The maximum absolute atomic E-state index is 6.88. The van der Waals surface area contributed by atoms with Crippen molar-refractivity contribution in [3.63, 3.8) is 0 Å². The lowest BCUT2D eigenvalue weighted by Crippen LogP contribution is -2.49. The normalized spacial score (nSPS) is 18.5. The summed E-state index contributed by atoms with van der Waals surface area (Å²) in [7, 11) is 4.26. The van der Waals surface area contributed by atoms with Gasteiger partial charge in [-0.25, -0.2) is 13.7 Å². The fourth-order valence-electron chi connectivity index (χ4n) is 7.37. The fourth-order valence-corrected chi connectivity index (χ4v) is 7.37. The van der Waals surface area contributed by atoms with Crippen LogP contribution in [0.3, 0.4) is 0 Å². The van der Waals surface area contributed by atoms with Gasteiger partial charge in [0.15, 0.2) is 5.54 Å². The van der Waals surface area contributed by atoms with E-state index >= 15 is 0 Å². The summed E-state index contributed by atoms with van der Waals surface area (Å²) in [4.78, 5) is 2.49. The van der Waals surface area contributed by atoms with Crippen LogP contribution in [0.15, 0.2) is 48.8 Å². The first-order valence-electron chi connectivity index (χ1n) is 14.3. The number of rotatable bonds is 3. The van der Waals surface area contributed by atoms with E-state index in [1.165, 1.54) is 38.9 Å². The Bertz CT molecular complexity index is 1730.